The highest BCUT2D eigenvalue weighted by Crippen LogP contribution is 2.20. The molecule has 1 N–H and O–H groups in total. The van der Waals surface area contributed by atoms with Gasteiger partial charge in [-0.3, -0.25) is 4.79 Å². The molecule has 0 bridgehead atoms. The van der Waals surface area contributed by atoms with E-state index in [-0.39, 0.29) is 5.91 Å². The third-order valence-electron chi connectivity index (χ3n) is 4.13. The van der Waals surface area contributed by atoms with Crippen molar-refractivity contribution in [3.63, 3.8) is 0 Å². The molecule has 0 saturated heterocycles. The highest BCUT2D eigenvalue weighted by atomic mass is 16.2. The second-order valence-corrected chi connectivity index (χ2v) is 6.09. The monoisotopic (exact) mass is 346 g/mol. The zero-order chi connectivity index (χ0) is 18.5. The van der Waals surface area contributed by atoms with Crippen LogP contribution in [-0.2, 0) is 0 Å². The number of para-hydroxylation sites is 1. The van der Waals surface area contributed by atoms with Crippen molar-refractivity contribution >= 4 is 23.2 Å². The Hall–Kier alpha value is -3.21. The van der Waals surface area contributed by atoms with Gasteiger partial charge in [0, 0.05) is 24.1 Å². The third-order valence-corrected chi connectivity index (χ3v) is 4.13. The molecule has 0 fully saturated rings. The Kier molecular flexibility index (Phi) is 5.27. The van der Waals surface area contributed by atoms with E-state index in [2.05, 4.69) is 28.3 Å². The van der Waals surface area contributed by atoms with Crippen molar-refractivity contribution in [3.8, 4) is 0 Å². The van der Waals surface area contributed by atoms with Crippen LogP contribution in [0.25, 0.3) is 0 Å². The van der Waals surface area contributed by atoms with Crippen LogP contribution in [0.15, 0.2) is 60.8 Å². The maximum absolute atomic E-state index is 12.9. The number of anilines is 3. The molecule has 132 valence electrons. The van der Waals surface area contributed by atoms with Crippen LogP contribution < -0.4 is 10.2 Å². The number of carbonyl (C=O) groups is 1. The standard InChI is InChI=1S/C21H22N4O/c1-4-25(17-8-6-5-7-9-17)20(26)19-12-13-22-21(24-19)23-18-11-10-15(2)14-16(18)3/h5-14H,4H2,1-3H3,(H,22,23,24). The van der Waals surface area contributed by atoms with E-state index in [1.165, 1.54) is 5.56 Å². The number of nitrogens with zero attached hydrogens (tertiary/aromatic N) is 3. The van der Waals surface area contributed by atoms with Crippen molar-refractivity contribution in [2.75, 3.05) is 16.8 Å². The predicted octanol–water partition coefficient (Wildman–Crippen LogP) is 4.50. The van der Waals surface area contributed by atoms with Crippen molar-refractivity contribution in [2.24, 2.45) is 0 Å². The Labute approximate surface area is 153 Å². The number of amides is 1. The van der Waals surface area contributed by atoms with E-state index in [4.69, 9.17) is 0 Å². The quantitative estimate of drug-likeness (QED) is 0.739. The minimum absolute atomic E-state index is 0.148. The van der Waals surface area contributed by atoms with Gasteiger partial charge >= 0.3 is 0 Å². The van der Waals surface area contributed by atoms with E-state index < -0.39 is 0 Å². The first-order chi connectivity index (χ1) is 12.6. The maximum atomic E-state index is 12.9. The second kappa shape index (κ2) is 7.78. The normalized spacial score (nSPS) is 10.4. The van der Waals surface area contributed by atoms with Crippen LogP contribution in [0.2, 0.25) is 0 Å². The van der Waals surface area contributed by atoms with Gasteiger partial charge in [-0.1, -0.05) is 35.9 Å². The molecule has 0 aliphatic rings. The molecule has 1 amide bonds. The number of hydrogen-bond acceptors (Lipinski definition) is 4. The molecule has 0 spiro atoms. The van der Waals surface area contributed by atoms with E-state index >= 15 is 0 Å². The lowest BCUT2D eigenvalue weighted by atomic mass is 10.1. The number of benzene rings is 2. The summed E-state index contributed by atoms with van der Waals surface area (Å²) < 4.78 is 0. The second-order valence-electron chi connectivity index (χ2n) is 6.09. The molecule has 1 aromatic heterocycles. The third kappa shape index (κ3) is 3.88. The Morgan fingerprint density at radius 2 is 1.85 bits per heavy atom. The van der Waals surface area contributed by atoms with E-state index in [0.717, 1.165) is 16.9 Å². The van der Waals surface area contributed by atoms with E-state index in [1.807, 2.05) is 56.3 Å². The zero-order valence-electron chi connectivity index (χ0n) is 15.2. The summed E-state index contributed by atoms with van der Waals surface area (Å²) in [6.07, 6.45) is 1.60. The Bertz CT molecular complexity index is 909. The van der Waals surface area contributed by atoms with Gasteiger partial charge in [0.15, 0.2) is 0 Å². The fourth-order valence-electron chi connectivity index (χ4n) is 2.80. The smallest absolute Gasteiger partial charge is 0.277 e. The summed E-state index contributed by atoms with van der Waals surface area (Å²) in [7, 11) is 0. The minimum atomic E-state index is -0.148. The summed E-state index contributed by atoms with van der Waals surface area (Å²) in [6, 6.07) is 17.3. The van der Waals surface area contributed by atoms with Crippen LogP contribution in [0.1, 0.15) is 28.5 Å². The van der Waals surface area contributed by atoms with Crippen LogP contribution >= 0.6 is 0 Å². The summed E-state index contributed by atoms with van der Waals surface area (Å²) >= 11 is 0. The first-order valence-corrected chi connectivity index (χ1v) is 8.62. The summed E-state index contributed by atoms with van der Waals surface area (Å²) in [5, 5.41) is 3.20. The highest BCUT2D eigenvalue weighted by molar-refractivity contribution is 6.04. The van der Waals surface area contributed by atoms with Gasteiger partial charge in [-0.2, -0.15) is 0 Å². The van der Waals surface area contributed by atoms with Crippen LogP contribution in [0.3, 0.4) is 0 Å². The van der Waals surface area contributed by atoms with E-state index in [1.54, 1.807) is 17.2 Å². The van der Waals surface area contributed by atoms with Gasteiger partial charge in [-0.15, -0.1) is 0 Å². The number of nitrogens with one attached hydrogen (secondary N) is 1. The molecule has 0 unspecified atom stereocenters. The largest absolute Gasteiger partial charge is 0.324 e. The van der Waals surface area contributed by atoms with Gasteiger partial charge in [0.25, 0.3) is 5.91 Å². The lowest BCUT2D eigenvalue weighted by Crippen LogP contribution is -2.31. The molecule has 0 aliphatic carbocycles. The number of aromatic nitrogens is 2. The average Bonchev–Trinajstić information content (AvgIpc) is 2.66. The van der Waals surface area contributed by atoms with Gasteiger partial charge in [0.2, 0.25) is 5.95 Å². The topological polar surface area (TPSA) is 58.1 Å². The lowest BCUT2D eigenvalue weighted by Gasteiger charge is -2.20. The number of rotatable bonds is 5. The number of carbonyl (C=O) groups excluding carboxylic acids is 1. The summed E-state index contributed by atoms with van der Waals surface area (Å²) in [5.74, 6) is 0.261. The molecule has 5 nitrogen and oxygen atoms in total. The van der Waals surface area contributed by atoms with Crippen LogP contribution in [0, 0.1) is 13.8 Å². The molecular formula is C21H22N4O. The fourth-order valence-corrected chi connectivity index (χ4v) is 2.80. The molecule has 0 saturated carbocycles. The average molecular weight is 346 g/mol. The lowest BCUT2D eigenvalue weighted by molar-refractivity contribution is 0.0983. The molecule has 5 heteroatoms. The molecule has 2 aromatic carbocycles. The van der Waals surface area contributed by atoms with E-state index in [9.17, 15) is 4.79 Å². The molecule has 0 radical (unpaired) electrons. The Morgan fingerprint density at radius 1 is 1.08 bits per heavy atom. The van der Waals surface area contributed by atoms with Crippen molar-refractivity contribution < 1.29 is 4.79 Å². The first-order valence-electron chi connectivity index (χ1n) is 8.62. The van der Waals surface area contributed by atoms with Crippen LogP contribution in [0.5, 0.6) is 0 Å². The summed E-state index contributed by atoms with van der Waals surface area (Å²) in [5.41, 5.74) is 4.43. The predicted molar refractivity (Wildman–Crippen MR) is 105 cm³/mol. The molecule has 0 aliphatic heterocycles. The molecular weight excluding hydrogens is 324 g/mol. The number of aryl methyl sites for hydroxylation is 2. The zero-order valence-corrected chi connectivity index (χ0v) is 15.2. The summed E-state index contributed by atoms with van der Waals surface area (Å²) in [4.78, 5) is 23.3. The molecule has 1 heterocycles. The molecule has 3 aromatic rings. The fraction of sp³-hybridized carbons (Fsp3) is 0.190. The van der Waals surface area contributed by atoms with Crippen LogP contribution in [0.4, 0.5) is 17.3 Å². The Balaban J connectivity index is 1.85. The first kappa shape index (κ1) is 17.6. The van der Waals surface area contributed by atoms with Gasteiger partial charge in [0.1, 0.15) is 5.69 Å². The van der Waals surface area contributed by atoms with Crippen molar-refractivity contribution in [1.29, 1.82) is 0 Å². The van der Waals surface area contributed by atoms with Gasteiger partial charge in [0.05, 0.1) is 0 Å². The molecule has 26 heavy (non-hydrogen) atoms. The number of hydrogen-bond donors (Lipinski definition) is 1. The van der Waals surface area contributed by atoms with Crippen molar-refractivity contribution in [1.82, 2.24) is 9.97 Å². The van der Waals surface area contributed by atoms with Crippen molar-refractivity contribution in [2.45, 2.75) is 20.8 Å². The minimum Gasteiger partial charge on any atom is -0.324 e. The Morgan fingerprint density at radius 3 is 2.54 bits per heavy atom. The summed E-state index contributed by atoms with van der Waals surface area (Å²) in [6.45, 7) is 6.58. The van der Waals surface area contributed by atoms with Crippen LogP contribution in [-0.4, -0.2) is 22.4 Å². The van der Waals surface area contributed by atoms with Gasteiger partial charge in [-0.25, -0.2) is 9.97 Å². The van der Waals surface area contributed by atoms with E-state index in [0.29, 0.717) is 18.2 Å². The molecule has 0 atom stereocenters. The maximum Gasteiger partial charge on any atom is 0.277 e. The van der Waals surface area contributed by atoms with Gasteiger partial charge in [-0.05, 0) is 50.6 Å². The molecule has 3 rings (SSSR count). The van der Waals surface area contributed by atoms with Gasteiger partial charge < -0.3 is 10.2 Å². The SMILES string of the molecule is CCN(C(=O)c1ccnc(Nc2ccc(C)cc2C)n1)c1ccccc1. The highest BCUT2D eigenvalue weighted by Gasteiger charge is 2.18. The van der Waals surface area contributed by atoms with Crippen molar-refractivity contribution in [3.05, 3.63) is 77.6 Å².